The third-order valence-corrected chi connectivity index (χ3v) is 6.11. The number of carbonyl (C=O) groups is 1. The van der Waals surface area contributed by atoms with Crippen LogP contribution >= 0.6 is 11.8 Å². The fourth-order valence-electron chi connectivity index (χ4n) is 3.91. The maximum absolute atomic E-state index is 13.6. The second-order valence-corrected chi connectivity index (χ2v) is 8.09. The molecule has 0 spiro atoms. The van der Waals surface area contributed by atoms with E-state index in [2.05, 4.69) is 22.1 Å². The van der Waals surface area contributed by atoms with Gasteiger partial charge in [0, 0.05) is 28.9 Å². The minimum Gasteiger partial charge on any atom is -0.307 e. The van der Waals surface area contributed by atoms with E-state index in [4.69, 9.17) is 0 Å². The molecule has 1 aliphatic rings. The highest BCUT2D eigenvalue weighted by atomic mass is 32.2. The van der Waals surface area contributed by atoms with Crippen molar-refractivity contribution < 1.29 is 9.18 Å². The summed E-state index contributed by atoms with van der Waals surface area (Å²) in [6.45, 7) is 0.587. The second-order valence-electron chi connectivity index (χ2n) is 7.21. The highest BCUT2D eigenvalue weighted by Crippen LogP contribution is 2.29. The Hall–Kier alpha value is -3.19. The van der Waals surface area contributed by atoms with E-state index in [1.54, 1.807) is 41.3 Å². The van der Waals surface area contributed by atoms with Gasteiger partial charge in [-0.3, -0.25) is 9.20 Å². The highest BCUT2D eigenvalue weighted by Gasteiger charge is 2.25. The summed E-state index contributed by atoms with van der Waals surface area (Å²) in [4.78, 5) is 24.9. The molecule has 4 aromatic rings. The largest absolute Gasteiger partial charge is 0.307 e. The molecule has 3 heterocycles. The number of fused-ring (bicyclic) bond motifs is 2. The maximum Gasteiger partial charge on any atom is 0.278 e. The van der Waals surface area contributed by atoms with E-state index in [1.165, 1.54) is 12.1 Å². The first-order valence-electron chi connectivity index (χ1n) is 9.72. The van der Waals surface area contributed by atoms with Gasteiger partial charge in [0.2, 0.25) is 0 Å². The number of imidazole rings is 1. The summed E-state index contributed by atoms with van der Waals surface area (Å²) < 4.78 is 15.5. The van der Waals surface area contributed by atoms with Crippen LogP contribution in [0, 0.1) is 5.82 Å². The molecule has 0 radical (unpaired) electrons. The van der Waals surface area contributed by atoms with Crippen LogP contribution in [0.4, 0.5) is 10.1 Å². The predicted molar refractivity (Wildman–Crippen MR) is 117 cm³/mol. The molecule has 2 aromatic heterocycles. The van der Waals surface area contributed by atoms with Crippen LogP contribution in [0.2, 0.25) is 0 Å². The zero-order valence-corrected chi connectivity index (χ0v) is 17.2. The van der Waals surface area contributed by atoms with Gasteiger partial charge < -0.3 is 4.90 Å². The van der Waals surface area contributed by atoms with Crippen LogP contribution in [-0.2, 0) is 6.42 Å². The Morgan fingerprint density at radius 2 is 2.03 bits per heavy atom. The van der Waals surface area contributed by atoms with E-state index < -0.39 is 0 Å². The molecule has 0 fully saturated rings. The molecule has 0 bridgehead atoms. The number of benzene rings is 2. The number of halogens is 1. The van der Waals surface area contributed by atoms with Gasteiger partial charge in [-0.05, 0) is 55.0 Å². The lowest BCUT2D eigenvalue weighted by atomic mass is 10.0. The van der Waals surface area contributed by atoms with Crippen molar-refractivity contribution in [1.29, 1.82) is 0 Å². The molecule has 1 amide bonds. The first kappa shape index (κ1) is 18.8. The Kier molecular flexibility index (Phi) is 4.75. The molecule has 5 rings (SSSR count). The van der Waals surface area contributed by atoms with Crippen molar-refractivity contribution in [2.24, 2.45) is 0 Å². The van der Waals surface area contributed by atoms with Gasteiger partial charge in [0.25, 0.3) is 5.91 Å². The van der Waals surface area contributed by atoms with Crippen LogP contribution in [0.3, 0.4) is 0 Å². The normalized spacial score (nSPS) is 13.5. The molecule has 1 aliphatic heterocycles. The molecule has 30 heavy (non-hydrogen) atoms. The average Bonchev–Trinajstić information content (AvgIpc) is 3.21. The number of aryl methyl sites for hydroxylation is 1. The molecule has 0 saturated heterocycles. The van der Waals surface area contributed by atoms with Crippen LogP contribution in [0.1, 0.15) is 22.5 Å². The van der Waals surface area contributed by atoms with Gasteiger partial charge in [0.15, 0.2) is 5.65 Å². The number of aromatic nitrogens is 3. The third kappa shape index (κ3) is 3.25. The summed E-state index contributed by atoms with van der Waals surface area (Å²) in [7, 11) is 0. The van der Waals surface area contributed by atoms with Crippen molar-refractivity contribution in [1.82, 2.24) is 14.4 Å². The minimum atomic E-state index is -0.280. The molecule has 0 aliphatic carbocycles. The van der Waals surface area contributed by atoms with E-state index in [0.29, 0.717) is 17.9 Å². The molecule has 0 saturated carbocycles. The van der Waals surface area contributed by atoms with Crippen molar-refractivity contribution in [2.75, 3.05) is 17.7 Å². The quantitative estimate of drug-likeness (QED) is 0.446. The highest BCUT2D eigenvalue weighted by molar-refractivity contribution is 7.98. The Balaban J connectivity index is 1.55. The summed E-state index contributed by atoms with van der Waals surface area (Å²) in [5, 5.41) is 0. The average molecular weight is 418 g/mol. The van der Waals surface area contributed by atoms with Crippen LogP contribution in [0.25, 0.3) is 16.9 Å². The van der Waals surface area contributed by atoms with Gasteiger partial charge in [-0.2, -0.15) is 0 Å². The van der Waals surface area contributed by atoms with E-state index in [1.807, 2.05) is 22.8 Å². The second kappa shape index (κ2) is 7.57. The van der Waals surface area contributed by atoms with Crippen LogP contribution < -0.4 is 4.90 Å². The first-order valence-corrected chi connectivity index (χ1v) is 10.9. The van der Waals surface area contributed by atoms with Gasteiger partial charge in [0.1, 0.15) is 11.5 Å². The lowest BCUT2D eigenvalue weighted by Crippen LogP contribution is -2.36. The number of carbonyl (C=O) groups excluding carboxylic acids is 1. The lowest BCUT2D eigenvalue weighted by Gasteiger charge is -2.29. The first-order chi connectivity index (χ1) is 14.6. The van der Waals surface area contributed by atoms with Crippen molar-refractivity contribution in [3.63, 3.8) is 0 Å². The molecular weight excluding hydrogens is 399 g/mol. The zero-order valence-electron chi connectivity index (χ0n) is 16.4. The van der Waals surface area contributed by atoms with Crippen LogP contribution in [-0.4, -0.2) is 33.1 Å². The smallest absolute Gasteiger partial charge is 0.278 e. The van der Waals surface area contributed by atoms with Gasteiger partial charge in [-0.1, -0.05) is 12.1 Å². The SMILES string of the molecule is CSc1cccc(-c2cnc3cnc(C(=O)N4CCCc5cc(F)ccc54)cn23)c1. The zero-order chi connectivity index (χ0) is 20.7. The Labute approximate surface area is 177 Å². The lowest BCUT2D eigenvalue weighted by molar-refractivity contribution is 0.0980. The van der Waals surface area contributed by atoms with Crippen molar-refractivity contribution >= 4 is 29.0 Å². The number of hydrogen-bond acceptors (Lipinski definition) is 4. The monoisotopic (exact) mass is 418 g/mol. The van der Waals surface area contributed by atoms with E-state index in [9.17, 15) is 9.18 Å². The third-order valence-electron chi connectivity index (χ3n) is 5.39. The standard InChI is InChI=1S/C23H19FN4OS/c1-30-18-6-2-4-16(11-18)21-12-26-22-13-25-19(14-28(21)22)23(29)27-9-3-5-15-10-17(24)7-8-20(15)27/h2,4,6-8,10-14H,3,5,9H2,1H3. The fraction of sp³-hybridized carbons (Fsp3) is 0.174. The Morgan fingerprint density at radius 3 is 2.90 bits per heavy atom. The maximum atomic E-state index is 13.6. The van der Waals surface area contributed by atoms with E-state index in [-0.39, 0.29) is 11.7 Å². The summed E-state index contributed by atoms with van der Waals surface area (Å²) in [5.74, 6) is -0.472. The number of rotatable bonds is 3. The molecule has 0 N–H and O–H groups in total. The number of thioether (sulfide) groups is 1. The minimum absolute atomic E-state index is 0.193. The number of anilines is 1. The van der Waals surface area contributed by atoms with Crippen LogP contribution in [0.15, 0.2) is 66.0 Å². The molecule has 0 unspecified atom stereocenters. The molecule has 2 aromatic carbocycles. The Morgan fingerprint density at radius 1 is 1.13 bits per heavy atom. The van der Waals surface area contributed by atoms with E-state index >= 15 is 0 Å². The summed E-state index contributed by atoms with van der Waals surface area (Å²) in [6.07, 6.45) is 8.75. The van der Waals surface area contributed by atoms with Gasteiger partial charge in [-0.15, -0.1) is 11.8 Å². The molecule has 150 valence electrons. The number of hydrogen-bond donors (Lipinski definition) is 0. The summed E-state index contributed by atoms with van der Waals surface area (Å²) >= 11 is 1.68. The molecular formula is C23H19FN4OS. The fourth-order valence-corrected chi connectivity index (χ4v) is 4.37. The molecule has 7 heteroatoms. The van der Waals surface area contributed by atoms with Crippen molar-refractivity contribution in [2.45, 2.75) is 17.7 Å². The predicted octanol–water partition coefficient (Wildman–Crippen LogP) is 4.85. The van der Waals surface area contributed by atoms with Gasteiger partial charge in [0.05, 0.1) is 18.1 Å². The van der Waals surface area contributed by atoms with Gasteiger partial charge in [-0.25, -0.2) is 14.4 Å². The Bertz CT molecular complexity index is 1270. The number of nitrogens with zero attached hydrogens (tertiary/aromatic N) is 4. The van der Waals surface area contributed by atoms with Crippen molar-refractivity contribution in [3.8, 4) is 11.3 Å². The van der Waals surface area contributed by atoms with Crippen molar-refractivity contribution in [3.05, 3.63) is 78.1 Å². The van der Waals surface area contributed by atoms with Crippen LogP contribution in [0.5, 0.6) is 0 Å². The molecule has 5 nitrogen and oxygen atoms in total. The summed E-state index contributed by atoms with van der Waals surface area (Å²) in [6, 6.07) is 12.8. The topological polar surface area (TPSA) is 50.5 Å². The molecule has 0 atom stereocenters. The van der Waals surface area contributed by atoms with E-state index in [0.717, 1.165) is 40.2 Å². The summed E-state index contributed by atoms with van der Waals surface area (Å²) in [5.41, 5.74) is 4.55. The number of amides is 1. The van der Waals surface area contributed by atoms with Gasteiger partial charge >= 0.3 is 0 Å².